The standard InChI is InChI=1S/C23H29FN4O3/c1-16(29)27-9-5-17(6-10-27)23(30)28-11-7-18(15-28)22-14-20(25-26-22)8-12-31-21-4-2-3-19(24)13-21/h2-4,13-14,17-18H,5-12,15H2,1H3,(H,25,26). The number of carbonyl (C=O) groups is 2. The van der Waals surface area contributed by atoms with E-state index < -0.39 is 0 Å². The maximum absolute atomic E-state index is 13.2. The molecule has 2 aromatic rings. The average Bonchev–Trinajstić information content (AvgIpc) is 3.43. The molecule has 2 amide bonds. The summed E-state index contributed by atoms with van der Waals surface area (Å²) in [5.74, 6) is 0.747. The van der Waals surface area contributed by atoms with Crippen LogP contribution in [-0.4, -0.2) is 64.6 Å². The number of hydrogen-bond donors (Lipinski definition) is 1. The zero-order valence-corrected chi connectivity index (χ0v) is 17.8. The van der Waals surface area contributed by atoms with E-state index in [-0.39, 0.29) is 29.5 Å². The van der Waals surface area contributed by atoms with E-state index in [1.54, 1.807) is 19.1 Å². The topological polar surface area (TPSA) is 78.5 Å². The Hall–Kier alpha value is -2.90. The molecule has 166 valence electrons. The third-order valence-electron chi connectivity index (χ3n) is 6.29. The molecule has 1 atom stereocenters. The van der Waals surface area contributed by atoms with Gasteiger partial charge in [0.1, 0.15) is 11.6 Å². The Morgan fingerprint density at radius 1 is 1.16 bits per heavy atom. The molecule has 0 saturated carbocycles. The van der Waals surface area contributed by atoms with E-state index in [9.17, 15) is 14.0 Å². The second-order valence-corrected chi connectivity index (χ2v) is 8.42. The van der Waals surface area contributed by atoms with Gasteiger partial charge in [0, 0.05) is 63.1 Å². The fourth-order valence-corrected chi connectivity index (χ4v) is 4.45. The molecule has 2 saturated heterocycles. The van der Waals surface area contributed by atoms with Crippen LogP contribution in [0.4, 0.5) is 4.39 Å². The van der Waals surface area contributed by atoms with Gasteiger partial charge in [-0.05, 0) is 37.5 Å². The van der Waals surface area contributed by atoms with Crippen LogP contribution in [0.3, 0.4) is 0 Å². The first-order valence-electron chi connectivity index (χ1n) is 11.0. The van der Waals surface area contributed by atoms with E-state index in [0.29, 0.717) is 38.4 Å². The minimum absolute atomic E-state index is 0.0177. The molecule has 8 heteroatoms. The van der Waals surface area contributed by atoms with Gasteiger partial charge in [-0.2, -0.15) is 5.10 Å². The smallest absolute Gasteiger partial charge is 0.225 e. The molecule has 2 aliphatic heterocycles. The Labute approximate surface area is 181 Å². The van der Waals surface area contributed by atoms with Gasteiger partial charge in [0.2, 0.25) is 11.8 Å². The van der Waals surface area contributed by atoms with Crippen molar-refractivity contribution in [2.24, 2.45) is 5.92 Å². The van der Waals surface area contributed by atoms with Crippen molar-refractivity contribution in [1.29, 1.82) is 0 Å². The SMILES string of the molecule is CC(=O)N1CCC(C(=O)N2CCC(c3cc(CCOc4cccc(F)c4)[nH]n3)C2)CC1. The Bertz CT molecular complexity index is 923. The zero-order chi connectivity index (χ0) is 21.8. The van der Waals surface area contributed by atoms with Gasteiger partial charge in [0.25, 0.3) is 0 Å². The molecular formula is C23H29FN4O3. The molecule has 1 aromatic carbocycles. The second kappa shape index (κ2) is 9.49. The molecule has 4 rings (SSSR count). The number of aromatic nitrogens is 2. The predicted molar refractivity (Wildman–Crippen MR) is 113 cm³/mol. The molecule has 1 aromatic heterocycles. The Morgan fingerprint density at radius 2 is 1.94 bits per heavy atom. The summed E-state index contributed by atoms with van der Waals surface area (Å²) in [6.07, 6.45) is 3.05. The number of piperidine rings is 1. The number of rotatable bonds is 6. The average molecular weight is 429 g/mol. The first-order valence-corrected chi connectivity index (χ1v) is 11.0. The highest BCUT2D eigenvalue weighted by atomic mass is 19.1. The third-order valence-corrected chi connectivity index (χ3v) is 6.29. The van der Waals surface area contributed by atoms with Gasteiger partial charge < -0.3 is 14.5 Å². The molecule has 31 heavy (non-hydrogen) atoms. The van der Waals surface area contributed by atoms with Crippen molar-refractivity contribution in [1.82, 2.24) is 20.0 Å². The van der Waals surface area contributed by atoms with Crippen LogP contribution in [0.1, 0.15) is 43.5 Å². The van der Waals surface area contributed by atoms with E-state index in [1.165, 1.54) is 12.1 Å². The fourth-order valence-electron chi connectivity index (χ4n) is 4.45. The number of aromatic amines is 1. The van der Waals surface area contributed by atoms with Gasteiger partial charge in [-0.1, -0.05) is 6.07 Å². The highest BCUT2D eigenvalue weighted by molar-refractivity contribution is 5.80. The Morgan fingerprint density at radius 3 is 2.68 bits per heavy atom. The van der Waals surface area contributed by atoms with Crippen molar-refractivity contribution in [3.8, 4) is 5.75 Å². The van der Waals surface area contributed by atoms with Gasteiger partial charge in [0.15, 0.2) is 0 Å². The maximum atomic E-state index is 13.2. The van der Waals surface area contributed by atoms with E-state index in [2.05, 4.69) is 10.2 Å². The molecule has 7 nitrogen and oxygen atoms in total. The highest BCUT2D eigenvalue weighted by Gasteiger charge is 2.34. The van der Waals surface area contributed by atoms with Crippen molar-refractivity contribution in [2.75, 3.05) is 32.8 Å². The minimum Gasteiger partial charge on any atom is -0.493 e. The molecule has 2 aliphatic rings. The Balaban J connectivity index is 1.24. The summed E-state index contributed by atoms with van der Waals surface area (Å²) in [7, 11) is 0. The predicted octanol–water partition coefficient (Wildman–Crippen LogP) is 2.74. The van der Waals surface area contributed by atoms with Crippen LogP contribution in [0.5, 0.6) is 5.75 Å². The van der Waals surface area contributed by atoms with E-state index in [4.69, 9.17) is 4.74 Å². The number of benzene rings is 1. The first-order chi connectivity index (χ1) is 15.0. The van der Waals surface area contributed by atoms with Crippen molar-refractivity contribution in [3.05, 3.63) is 47.5 Å². The zero-order valence-electron chi connectivity index (χ0n) is 17.8. The third kappa shape index (κ3) is 5.24. The van der Waals surface area contributed by atoms with Gasteiger partial charge in [0.05, 0.1) is 12.3 Å². The normalized spacial score (nSPS) is 19.6. The van der Waals surface area contributed by atoms with Crippen LogP contribution in [0.15, 0.2) is 30.3 Å². The number of ether oxygens (including phenoxy) is 1. The fraction of sp³-hybridized carbons (Fsp3) is 0.522. The van der Waals surface area contributed by atoms with Gasteiger partial charge in [-0.25, -0.2) is 4.39 Å². The number of carbonyl (C=O) groups excluding carboxylic acids is 2. The number of amides is 2. The molecule has 0 aliphatic carbocycles. The summed E-state index contributed by atoms with van der Waals surface area (Å²) in [4.78, 5) is 28.2. The summed E-state index contributed by atoms with van der Waals surface area (Å²) in [5.41, 5.74) is 1.94. The summed E-state index contributed by atoms with van der Waals surface area (Å²) in [6, 6.07) is 8.15. The molecule has 3 heterocycles. The molecule has 1 unspecified atom stereocenters. The summed E-state index contributed by atoms with van der Waals surface area (Å²) in [5, 5.41) is 7.51. The lowest BCUT2D eigenvalue weighted by Crippen LogP contribution is -2.43. The van der Waals surface area contributed by atoms with Crippen LogP contribution >= 0.6 is 0 Å². The second-order valence-electron chi connectivity index (χ2n) is 8.42. The van der Waals surface area contributed by atoms with Gasteiger partial charge >= 0.3 is 0 Å². The van der Waals surface area contributed by atoms with Crippen molar-refractivity contribution < 1.29 is 18.7 Å². The number of hydrogen-bond acceptors (Lipinski definition) is 4. The monoisotopic (exact) mass is 428 g/mol. The molecule has 1 N–H and O–H groups in total. The molecule has 2 fully saturated rings. The van der Waals surface area contributed by atoms with Crippen LogP contribution in [0, 0.1) is 11.7 Å². The maximum Gasteiger partial charge on any atom is 0.225 e. The van der Waals surface area contributed by atoms with Crippen LogP contribution < -0.4 is 4.74 Å². The van der Waals surface area contributed by atoms with E-state index >= 15 is 0 Å². The minimum atomic E-state index is -0.314. The van der Waals surface area contributed by atoms with Gasteiger partial charge in [-0.15, -0.1) is 0 Å². The van der Waals surface area contributed by atoms with Crippen LogP contribution in [0.2, 0.25) is 0 Å². The van der Waals surface area contributed by atoms with E-state index in [1.807, 2.05) is 15.9 Å². The molecule has 0 spiro atoms. The van der Waals surface area contributed by atoms with Crippen molar-refractivity contribution in [2.45, 2.75) is 38.5 Å². The summed E-state index contributed by atoms with van der Waals surface area (Å²) < 4.78 is 18.8. The lowest BCUT2D eigenvalue weighted by atomic mass is 9.95. The number of H-pyrrole nitrogens is 1. The number of nitrogens with zero attached hydrogens (tertiary/aromatic N) is 3. The molecule has 0 bridgehead atoms. The summed E-state index contributed by atoms with van der Waals surface area (Å²) >= 11 is 0. The van der Waals surface area contributed by atoms with Crippen LogP contribution in [-0.2, 0) is 16.0 Å². The van der Waals surface area contributed by atoms with Crippen LogP contribution in [0.25, 0.3) is 0 Å². The Kier molecular flexibility index (Phi) is 6.53. The van der Waals surface area contributed by atoms with Gasteiger partial charge in [-0.3, -0.25) is 14.7 Å². The number of halogens is 1. The lowest BCUT2D eigenvalue weighted by Gasteiger charge is -2.32. The number of likely N-dealkylation sites (tertiary alicyclic amines) is 2. The van der Waals surface area contributed by atoms with Crippen molar-refractivity contribution >= 4 is 11.8 Å². The highest BCUT2D eigenvalue weighted by Crippen LogP contribution is 2.29. The summed E-state index contributed by atoms with van der Waals surface area (Å²) in [6.45, 7) is 4.79. The van der Waals surface area contributed by atoms with Crippen molar-refractivity contribution in [3.63, 3.8) is 0 Å². The molecule has 0 radical (unpaired) electrons. The largest absolute Gasteiger partial charge is 0.493 e. The van der Waals surface area contributed by atoms with E-state index in [0.717, 1.165) is 37.2 Å². The first kappa shape index (κ1) is 21.3. The lowest BCUT2D eigenvalue weighted by molar-refractivity contribution is -0.139. The quantitative estimate of drug-likeness (QED) is 0.768. The number of nitrogens with one attached hydrogen (secondary N) is 1. The molecular weight excluding hydrogens is 399 g/mol.